The minimum atomic E-state index is -0.281. The first kappa shape index (κ1) is 10.8. The Morgan fingerprint density at radius 2 is 1.62 bits per heavy atom. The highest BCUT2D eigenvalue weighted by atomic mass is 16.2. The third-order valence-corrected chi connectivity index (χ3v) is 2.44. The van der Waals surface area contributed by atoms with Crippen LogP contribution in [0.1, 0.15) is 20.7 Å². The normalized spacial score (nSPS) is 14.4. The van der Waals surface area contributed by atoms with Crippen molar-refractivity contribution in [2.24, 2.45) is 0 Å². The summed E-state index contributed by atoms with van der Waals surface area (Å²) in [5, 5.41) is 4.00. The maximum atomic E-state index is 11.8. The molecule has 0 aromatic heterocycles. The predicted octanol–water partition coefficient (Wildman–Crippen LogP) is 0.00660. The number of nitrogens with zero attached hydrogens (tertiary/aromatic N) is 1. The SMILES string of the molecule is CNCCNN1C(=O)c2ccccc2C1=O. The van der Waals surface area contributed by atoms with Gasteiger partial charge >= 0.3 is 0 Å². The molecule has 2 amide bonds. The summed E-state index contributed by atoms with van der Waals surface area (Å²) in [6, 6.07) is 6.83. The third-order valence-electron chi connectivity index (χ3n) is 2.44. The highest BCUT2D eigenvalue weighted by molar-refractivity contribution is 6.20. The minimum Gasteiger partial charge on any atom is -0.318 e. The van der Waals surface area contributed by atoms with Crippen molar-refractivity contribution < 1.29 is 9.59 Å². The Balaban J connectivity index is 2.15. The maximum Gasteiger partial charge on any atom is 0.276 e. The zero-order valence-corrected chi connectivity index (χ0v) is 8.99. The van der Waals surface area contributed by atoms with Crippen molar-refractivity contribution in [2.45, 2.75) is 0 Å². The van der Waals surface area contributed by atoms with Crippen molar-refractivity contribution in [3.05, 3.63) is 35.4 Å². The van der Waals surface area contributed by atoms with E-state index in [1.165, 1.54) is 0 Å². The molecule has 0 fully saturated rings. The van der Waals surface area contributed by atoms with Gasteiger partial charge in [0.05, 0.1) is 11.1 Å². The van der Waals surface area contributed by atoms with E-state index in [2.05, 4.69) is 10.7 Å². The van der Waals surface area contributed by atoms with E-state index < -0.39 is 0 Å². The molecule has 0 unspecified atom stereocenters. The van der Waals surface area contributed by atoms with E-state index in [4.69, 9.17) is 0 Å². The summed E-state index contributed by atoms with van der Waals surface area (Å²) in [7, 11) is 1.81. The van der Waals surface area contributed by atoms with Crippen molar-refractivity contribution in [3.8, 4) is 0 Å². The molecule has 0 spiro atoms. The van der Waals surface area contributed by atoms with Gasteiger partial charge in [-0.15, -0.1) is 0 Å². The first-order valence-electron chi connectivity index (χ1n) is 5.11. The van der Waals surface area contributed by atoms with Gasteiger partial charge in [0.25, 0.3) is 11.8 Å². The molecule has 1 aliphatic rings. The van der Waals surface area contributed by atoms with Crippen LogP contribution in [0.25, 0.3) is 0 Å². The number of amides is 2. The van der Waals surface area contributed by atoms with Gasteiger partial charge in [-0.25, -0.2) is 10.4 Å². The minimum absolute atomic E-state index is 0.281. The monoisotopic (exact) mass is 219 g/mol. The first-order valence-corrected chi connectivity index (χ1v) is 5.11. The van der Waals surface area contributed by atoms with E-state index in [0.717, 1.165) is 5.01 Å². The van der Waals surface area contributed by atoms with Gasteiger partial charge in [-0.1, -0.05) is 12.1 Å². The number of rotatable bonds is 4. The van der Waals surface area contributed by atoms with E-state index in [1.54, 1.807) is 24.3 Å². The molecule has 16 heavy (non-hydrogen) atoms. The molecule has 84 valence electrons. The average Bonchev–Trinajstić information content (AvgIpc) is 2.55. The predicted molar refractivity (Wildman–Crippen MR) is 58.9 cm³/mol. The summed E-state index contributed by atoms with van der Waals surface area (Å²) in [4.78, 5) is 23.6. The second kappa shape index (κ2) is 4.42. The number of fused-ring (bicyclic) bond motifs is 1. The van der Waals surface area contributed by atoms with Crippen molar-refractivity contribution in [1.29, 1.82) is 0 Å². The lowest BCUT2D eigenvalue weighted by molar-refractivity contribution is 0.0568. The number of likely N-dealkylation sites (N-methyl/N-ethyl adjacent to an activating group) is 1. The Bertz CT molecular complexity index is 396. The zero-order valence-electron chi connectivity index (χ0n) is 8.99. The molecule has 2 N–H and O–H groups in total. The number of imide groups is 1. The van der Waals surface area contributed by atoms with Crippen LogP contribution in [0, 0.1) is 0 Å². The van der Waals surface area contributed by atoms with Crippen LogP contribution in [0.5, 0.6) is 0 Å². The summed E-state index contributed by atoms with van der Waals surface area (Å²) >= 11 is 0. The Morgan fingerprint density at radius 1 is 1.06 bits per heavy atom. The van der Waals surface area contributed by atoms with Gasteiger partial charge in [-0.3, -0.25) is 9.59 Å². The number of hydrazine groups is 1. The lowest BCUT2D eigenvalue weighted by Gasteiger charge is -2.14. The Morgan fingerprint density at radius 3 is 2.12 bits per heavy atom. The number of carbonyl (C=O) groups is 2. The molecule has 0 atom stereocenters. The summed E-state index contributed by atoms with van der Waals surface area (Å²) in [5.74, 6) is -0.562. The van der Waals surface area contributed by atoms with Gasteiger partial charge in [0.2, 0.25) is 0 Å². The van der Waals surface area contributed by atoms with E-state index in [0.29, 0.717) is 24.2 Å². The molecule has 0 bridgehead atoms. The largest absolute Gasteiger partial charge is 0.318 e. The second-order valence-corrected chi connectivity index (χ2v) is 3.50. The molecule has 0 saturated heterocycles. The lowest BCUT2D eigenvalue weighted by Crippen LogP contribution is -2.44. The van der Waals surface area contributed by atoms with E-state index in [9.17, 15) is 9.59 Å². The van der Waals surface area contributed by atoms with E-state index >= 15 is 0 Å². The van der Waals surface area contributed by atoms with E-state index in [1.807, 2.05) is 7.05 Å². The zero-order chi connectivity index (χ0) is 11.5. The van der Waals surface area contributed by atoms with Crippen LogP contribution in [0.3, 0.4) is 0 Å². The van der Waals surface area contributed by atoms with Crippen LogP contribution in [0.15, 0.2) is 24.3 Å². The number of hydrogen-bond donors (Lipinski definition) is 2. The molecule has 0 saturated carbocycles. The first-order chi connectivity index (χ1) is 7.75. The lowest BCUT2D eigenvalue weighted by atomic mass is 10.1. The van der Waals surface area contributed by atoms with Crippen LogP contribution < -0.4 is 10.7 Å². The summed E-state index contributed by atoms with van der Waals surface area (Å²) < 4.78 is 0. The van der Waals surface area contributed by atoms with Crippen molar-refractivity contribution in [1.82, 2.24) is 15.8 Å². The Hall–Kier alpha value is -1.72. The maximum absolute atomic E-state index is 11.8. The molecule has 2 rings (SSSR count). The highest BCUT2D eigenvalue weighted by Crippen LogP contribution is 2.20. The van der Waals surface area contributed by atoms with E-state index in [-0.39, 0.29) is 11.8 Å². The molecule has 5 nitrogen and oxygen atoms in total. The summed E-state index contributed by atoms with van der Waals surface area (Å²) in [6.45, 7) is 1.22. The average molecular weight is 219 g/mol. The molecule has 0 radical (unpaired) electrons. The van der Waals surface area contributed by atoms with Crippen LogP contribution in [-0.4, -0.2) is 37.0 Å². The standard InChI is InChI=1S/C11H13N3O2/c1-12-6-7-13-14-10(15)8-4-2-3-5-9(8)11(14)16/h2-5,12-13H,6-7H2,1H3. The summed E-state index contributed by atoms with van der Waals surface area (Å²) in [6.07, 6.45) is 0. The smallest absolute Gasteiger partial charge is 0.276 e. The molecule has 1 heterocycles. The van der Waals surface area contributed by atoms with Gasteiger partial charge < -0.3 is 5.32 Å². The van der Waals surface area contributed by atoms with Gasteiger partial charge in [0, 0.05) is 13.1 Å². The topological polar surface area (TPSA) is 61.4 Å². The number of carbonyl (C=O) groups excluding carboxylic acids is 2. The number of benzene rings is 1. The number of hydrogen-bond acceptors (Lipinski definition) is 4. The fourth-order valence-corrected chi connectivity index (χ4v) is 1.63. The molecule has 5 heteroatoms. The fourth-order valence-electron chi connectivity index (χ4n) is 1.63. The molecule has 0 aliphatic carbocycles. The highest BCUT2D eigenvalue weighted by Gasteiger charge is 2.34. The van der Waals surface area contributed by atoms with Crippen LogP contribution in [-0.2, 0) is 0 Å². The van der Waals surface area contributed by atoms with Gasteiger partial charge in [-0.05, 0) is 19.2 Å². The van der Waals surface area contributed by atoms with Crippen molar-refractivity contribution in [3.63, 3.8) is 0 Å². The summed E-state index contributed by atoms with van der Waals surface area (Å²) in [5.41, 5.74) is 3.73. The molecule has 1 aromatic rings. The Labute approximate surface area is 93.4 Å². The molecular formula is C11H13N3O2. The number of nitrogens with one attached hydrogen (secondary N) is 2. The van der Waals surface area contributed by atoms with Crippen molar-refractivity contribution in [2.75, 3.05) is 20.1 Å². The second-order valence-electron chi connectivity index (χ2n) is 3.50. The van der Waals surface area contributed by atoms with Gasteiger partial charge in [0.15, 0.2) is 0 Å². The molecule has 1 aliphatic heterocycles. The van der Waals surface area contributed by atoms with Crippen LogP contribution >= 0.6 is 0 Å². The van der Waals surface area contributed by atoms with Gasteiger partial charge in [0.1, 0.15) is 0 Å². The Kier molecular flexibility index (Phi) is 2.98. The van der Waals surface area contributed by atoms with Crippen LogP contribution in [0.4, 0.5) is 0 Å². The van der Waals surface area contributed by atoms with Crippen LogP contribution in [0.2, 0.25) is 0 Å². The quantitative estimate of drug-likeness (QED) is 0.553. The fraction of sp³-hybridized carbons (Fsp3) is 0.273. The third kappa shape index (κ3) is 1.70. The molecule has 1 aromatic carbocycles. The van der Waals surface area contributed by atoms with Crippen molar-refractivity contribution >= 4 is 11.8 Å². The van der Waals surface area contributed by atoms with Gasteiger partial charge in [-0.2, -0.15) is 0 Å². The molecular weight excluding hydrogens is 206 g/mol.